The van der Waals surface area contributed by atoms with Crippen LogP contribution in [-0.4, -0.2) is 33.2 Å². The van der Waals surface area contributed by atoms with Gasteiger partial charge in [0.15, 0.2) is 17.3 Å². The van der Waals surface area contributed by atoms with Crippen molar-refractivity contribution in [2.75, 3.05) is 17.7 Å². The molecule has 0 saturated carbocycles. The molecule has 1 amide bonds. The van der Waals surface area contributed by atoms with Gasteiger partial charge >= 0.3 is 5.97 Å². The smallest absolute Gasteiger partial charge is 0.358 e. The number of nitrogen functional groups attached to an aromatic ring is 1. The van der Waals surface area contributed by atoms with Gasteiger partial charge in [0, 0.05) is 11.6 Å². The van der Waals surface area contributed by atoms with Crippen LogP contribution in [0.25, 0.3) is 16.9 Å². The lowest BCUT2D eigenvalue weighted by molar-refractivity contribution is 0.0518. The maximum absolute atomic E-state index is 13.8. The van der Waals surface area contributed by atoms with Crippen molar-refractivity contribution in [2.24, 2.45) is 0 Å². The third kappa shape index (κ3) is 4.87. The van der Waals surface area contributed by atoms with Crippen molar-refractivity contribution < 1.29 is 18.7 Å². The lowest BCUT2D eigenvalue weighted by atomic mass is 10.0. The number of para-hydroxylation sites is 1. The van der Waals surface area contributed by atoms with Gasteiger partial charge in [-0.15, -0.1) is 0 Å². The van der Waals surface area contributed by atoms with Crippen LogP contribution in [0.5, 0.6) is 0 Å². The van der Waals surface area contributed by atoms with Gasteiger partial charge in [0.25, 0.3) is 5.91 Å². The quantitative estimate of drug-likeness (QED) is 0.366. The van der Waals surface area contributed by atoms with Crippen molar-refractivity contribution in [1.82, 2.24) is 14.8 Å². The summed E-state index contributed by atoms with van der Waals surface area (Å²) in [6, 6.07) is 17.5. The minimum absolute atomic E-state index is 0.000463. The Kier molecular flexibility index (Phi) is 6.94. The minimum atomic E-state index is -0.825. The Balaban J connectivity index is 1.73. The van der Waals surface area contributed by atoms with Gasteiger partial charge < -0.3 is 15.8 Å². The summed E-state index contributed by atoms with van der Waals surface area (Å²) in [4.78, 5) is 29.5. The number of hydrogen-bond donors (Lipinski definition) is 2. The van der Waals surface area contributed by atoms with E-state index in [1.807, 2.05) is 12.1 Å². The molecule has 36 heavy (non-hydrogen) atoms. The van der Waals surface area contributed by atoms with E-state index in [1.54, 1.807) is 31.2 Å². The molecule has 180 valence electrons. The first kappa shape index (κ1) is 24.4. The van der Waals surface area contributed by atoms with E-state index in [0.717, 1.165) is 6.07 Å². The Bertz CT molecular complexity index is 1510. The zero-order valence-corrected chi connectivity index (χ0v) is 19.6. The second-order valence-electron chi connectivity index (χ2n) is 7.39. The van der Waals surface area contributed by atoms with Gasteiger partial charge in [0.05, 0.1) is 34.1 Å². The summed E-state index contributed by atoms with van der Waals surface area (Å²) in [6.45, 7) is 1.83. The van der Waals surface area contributed by atoms with E-state index in [0.29, 0.717) is 11.3 Å². The number of nitriles is 1. The van der Waals surface area contributed by atoms with Gasteiger partial charge in [-0.3, -0.25) is 4.79 Å². The molecule has 0 fully saturated rings. The molecule has 4 rings (SSSR count). The lowest BCUT2D eigenvalue weighted by Gasteiger charge is -2.11. The van der Waals surface area contributed by atoms with Gasteiger partial charge in [0.1, 0.15) is 11.9 Å². The SMILES string of the molecule is CCOC(=O)c1cc(NC(=O)c2cc(-c3nc(N)c(F)cc3C#N)ccc2Cl)n(-c2ccccc2)n1. The van der Waals surface area contributed by atoms with Crippen LogP contribution >= 0.6 is 11.6 Å². The molecule has 0 bridgehead atoms. The summed E-state index contributed by atoms with van der Waals surface area (Å²) in [5.74, 6) is -2.29. The van der Waals surface area contributed by atoms with Crippen LogP contribution < -0.4 is 11.1 Å². The molecule has 2 aromatic heterocycles. The fraction of sp³-hybridized carbons (Fsp3) is 0.0800. The molecule has 0 saturated heterocycles. The van der Waals surface area contributed by atoms with E-state index in [-0.39, 0.29) is 45.8 Å². The Labute approximate surface area is 209 Å². The van der Waals surface area contributed by atoms with Crippen molar-refractivity contribution >= 4 is 35.1 Å². The van der Waals surface area contributed by atoms with Crippen LogP contribution in [0.15, 0.2) is 60.7 Å². The van der Waals surface area contributed by atoms with E-state index in [2.05, 4.69) is 15.4 Å². The summed E-state index contributed by atoms with van der Waals surface area (Å²) >= 11 is 6.30. The Hall–Kier alpha value is -4.75. The molecule has 0 unspecified atom stereocenters. The number of ether oxygens (including phenoxy) is 1. The Morgan fingerprint density at radius 2 is 1.94 bits per heavy atom. The average molecular weight is 505 g/mol. The maximum atomic E-state index is 13.8. The largest absolute Gasteiger partial charge is 0.461 e. The summed E-state index contributed by atoms with van der Waals surface area (Å²) in [5.41, 5.74) is 6.59. The second-order valence-corrected chi connectivity index (χ2v) is 7.80. The molecule has 2 aromatic carbocycles. The summed E-state index contributed by atoms with van der Waals surface area (Å²) < 4.78 is 20.2. The minimum Gasteiger partial charge on any atom is -0.461 e. The first-order valence-electron chi connectivity index (χ1n) is 10.6. The number of carbonyl (C=O) groups excluding carboxylic acids is 2. The van der Waals surface area contributed by atoms with Crippen LogP contribution in [0.4, 0.5) is 16.0 Å². The van der Waals surface area contributed by atoms with Crippen LogP contribution in [0.2, 0.25) is 5.02 Å². The fourth-order valence-electron chi connectivity index (χ4n) is 3.38. The number of nitrogens with zero attached hydrogens (tertiary/aromatic N) is 4. The van der Waals surface area contributed by atoms with Crippen molar-refractivity contribution in [2.45, 2.75) is 6.92 Å². The molecular weight excluding hydrogens is 487 g/mol. The summed E-state index contributed by atoms with van der Waals surface area (Å²) in [5, 5.41) is 16.5. The van der Waals surface area contributed by atoms with Crippen molar-refractivity contribution in [3.63, 3.8) is 0 Å². The van der Waals surface area contributed by atoms with Crippen molar-refractivity contribution in [1.29, 1.82) is 5.26 Å². The second kappa shape index (κ2) is 10.2. The highest BCUT2D eigenvalue weighted by Gasteiger charge is 2.21. The number of halogens is 2. The van der Waals surface area contributed by atoms with E-state index < -0.39 is 17.7 Å². The molecule has 3 N–H and O–H groups in total. The molecule has 4 aromatic rings. The zero-order valence-electron chi connectivity index (χ0n) is 18.8. The summed E-state index contributed by atoms with van der Waals surface area (Å²) in [6.07, 6.45) is 0. The van der Waals surface area contributed by atoms with Gasteiger partial charge in [0.2, 0.25) is 0 Å². The number of nitrogens with one attached hydrogen (secondary N) is 1. The highest BCUT2D eigenvalue weighted by Crippen LogP contribution is 2.29. The third-order valence-electron chi connectivity index (χ3n) is 5.04. The van der Waals surface area contributed by atoms with Gasteiger partial charge in [-0.25, -0.2) is 18.9 Å². The zero-order chi connectivity index (χ0) is 25.8. The average Bonchev–Trinajstić information content (AvgIpc) is 3.30. The van der Waals surface area contributed by atoms with Crippen LogP contribution in [0, 0.1) is 17.1 Å². The molecule has 0 atom stereocenters. The van der Waals surface area contributed by atoms with Gasteiger partial charge in [-0.05, 0) is 37.3 Å². The van der Waals surface area contributed by atoms with Gasteiger partial charge in [-0.2, -0.15) is 10.4 Å². The first-order valence-corrected chi connectivity index (χ1v) is 11.0. The number of anilines is 2. The number of pyridine rings is 1. The molecular formula is C25H18ClFN6O3. The third-order valence-corrected chi connectivity index (χ3v) is 5.37. The van der Waals surface area contributed by atoms with E-state index in [1.165, 1.54) is 28.9 Å². The predicted octanol–water partition coefficient (Wildman–Crippen LogP) is 4.61. The first-order chi connectivity index (χ1) is 17.3. The molecule has 0 radical (unpaired) electrons. The molecule has 2 heterocycles. The predicted molar refractivity (Wildman–Crippen MR) is 131 cm³/mol. The number of carbonyl (C=O) groups is 2. The van der Waals surface area contributed by atoms with Gasteiger partial charge in [-0.1, -0.05) is 35.9 Å². The van der Waals surface area contributed by atoms with E-state index >= 15 is 0 Å². The van der Waals surface area contributed by atoms with Crippen molar-refractivity contribution in [3.8, 4) is 23.0 Å². The Morgan fingerprint density at radius 3 is 2.64 bits per heavy atom. The van der Waals surface area contributed by atoms with E-state index in [9.17, 15) is 19.2 Å². The fourth-order valence-corrected chi connectivity index (χ4v) is 3.58. The van der Waals surface area contributed by atoms with Crippen molar-refractivity contribution in [3.05, 3.63) is 88.3 Å². The molecule has 0 aliphatic heterocycles. The number of nitrogens with two attached hydrogens (primary N) is 1. The molecule has 0 aliphatic carbocycles. The summed E-state index contributed by atoms with van der Waals surface area (Å²) in [7, 11) is 0. The molecule has 9 nitrogen and oxygen atoms in total. The van der Waals surface area contributed by atoms with Crippen LogP contribution in [0.3, 0.4) is 0 Å². The molecule has 11 heteroatoms. The number of amides is 1. The highest BCUT2D eigenvalue weighted by atomic mass is 35.5. The normalized spacial score (nSPS) is 10.5. The highest BCUT2D eigenvalue weighted by molar-refractivity contribution is 6.34. The Morgan fingerprint density at radius 1 is 1.19 bits per heavy atom. The number of esters is 1. The maximum Gasteiger partial charge on any atom is 0.358 e. The number of benzene rings is 2. The number of aromatic nitrogens is 3. The monoisotopic (exact) mass is 504 g/mol. The number of rotatable bonds is 6. The number of hydrogen-bond acceptors (Lipinski definition) is 7. The van der Waals surface area contributed by atoms with Crippen LogP contribution in [0.1, 0.15) is 33.3 Å². The topological polar surface area (TPSA) is 136 Å². The lowest BCUT2D eigenvalue weighted by Crippen LogP contribution is -2.16. The van der Waals surface area contributed by atoms with Crippen LogP contribution in [-0.2, 0) is 4.74 Å². The molecule has 0 aliphatic rings. The van der Waals surface area contributed by atoms with E-state index in [4.69, 9.17) is 22.1 Å². The standard InChI is InChI=1S/C25H18ClFN6O3/c1-2-36-25(35)20-12-21(33(32-20)16-6-4-3-5-7-16)30-24(34)17-10-14(8-9-18(17)26)22-15(13-28)11-19(27)23(29)31-22/h3-12H,2H2,1H3,(H2,29,31)(H,30,34). The molecule has 0 spiro atoms.